The standard InChI is InChI=1S/C13H11FN2O3/c1-19-13(18)7-2-6(14)3-8-11(7)12-9(16-8)4-15-5-10(12)17/h2-4,12,15-16H,5H2,1H3. The maximum Gasteiger partial charge on any atom is 0.338 e. The summed E-state index contributed by atoms with van der Waals surface area (Å²) in [5, 5.41) is 5.79. The van der Waals surface area contributed by atoms with Gasteiger partial charge in [-0.1, -0.05) is 0 Å². The van der Waals surface area contributed by atoms with E-state index in [1.54, 1.807) is 6.20 Å². The van der Waals surface area contributed by atoms with Crippen molar-refractivity contribution in [3.05, 3.63) is 41.0 Å². The van der Waals surface area contributed by atoms with Crippen LogP contribution in [-0.4, -0.2) is 25.4 Å². The third-order valence-electron chi connectivity index (χ3n) is 3.28. The van der Waals surface area contributed by atoms with Crippen molar-refractivity contribution < 1.29 is 18.7 Å². The molecule has 0 amide bonds. The SMILES string of the molecule is COC(=O)c1cc(F)cc2c1C1C(=O)CNC=C1N2. The Morgan fingerprint density at radius 1 is 1.47 bits per heavy atom. The van der Waals surface area contributed by atoms with E-state index in [0.717, 1.165) is 6.07 Å². The highest BCUT2D eigenvalue weighted by Gasteiger charge is 2.38. The van der Waals surface area contributed by atoms with Crippen molar-refractivity contribution in [2.45, 2.75) is 5.92 Å². The average Bonchev–Trinajstić information content (AvgIpc) is 2.76. The predicted octanol–water partition coefficient (Wildman–Crippen LogP) is 1.14. The summed E-state index contributed by atoms with van der Waals surface area (Å²) in [6.07, 6.45) is 1.67. The molecule has 6 heteroatoms. The van der Waals surface area contributed by atoms with Crippen LogP contribution in [0, 0.1) is 5.82 Å². The Bertz CT molecular complexity index is 625. The first kappa shape index (κ1) is 11.7. The minimum atomic E-state index is -0.648. The van der Waals surface area contributed by atoms with Crippen LogP contribution in [0.2, 0.25) is 0 Å². The summed E-state index contributed by atoms with van der Waals surface area (Å²) in [7, 11) is 1.23. The minimum absolute atomic E-state index is 0.0690. The Kier molecular flexibility index (Phi) is 2.51. The van der Waals surface area contributed by atoms with E-state index in [9.17, 15) is 14.0 Å². The number of carbonyl (C=O) groups excluding carboxylic acids is 2. The van der Waals surface area contributed by atoms with Crippen molar-refractivity contribution in [3.8, 4) is 0 Å². The zero-order valence-electron chi connectivity index (χ0n) is 10.1. The number of ether oxygens (including phenoxy) is 1. The van der Waals surface area contributed by atoms with Gasteiger partial charge in [0.15, 0.2) is 5.78 Å². The lowest BCUT2D eigenvalue weighted by molar-refractivity contribution is -0.118. The predicted molar refractivity (Wildman–Crippen MR) is 65.2 cm³/mol. The fraction of sp³-hybridized carbons (Fsp3) is 0.231. The maximum absolute atomic E-state index is 13.5. The lowest BCUT2D eigenvalue weighted by Crippen LogP contribution is -2.31. The Hall–Kier alpha value is -2.37. The molecule has 0 fully saturated rings. The molecule has 3 rings (SSSR count). The quantitative estimate of drug-likeness (QED) is 0.743. The largest absolute Gasteiger partial charge is 0.465 e. The van der Waals surface area contributed by atoms with E-state index in [1.807, 2.05) is 0 Å². The van der Waals surface area contributed by atoms with Crippen molar-refractivity contribution in [2.75, 3.05) is 19.0 Å². The minimum Gasteiger partial charge on any atom is -0.465 e. The summed E-state index contributed by atoms with van der Waals surface area (Å²) in [6.45, 7) is 0.188. The lowest BCUT2D eigenvalue weighted by Gasteiger charge is -2.18. The molecule has 5 nitrogen and oxygen atoms in total. The summed E-state index contributed by atoms with van der Waals surface area (Å²) >= 11 is 0. The number of allylic oxidation sites excluding steroid dienone is 1. The van der Waals surface area contributed by atoms with Crippen molar-refractivity contribution in [3.63, 3.8) is 0 Å². The van der Waals surface area contributed by atoms with Crippen molar-refractivity contribution in [1.82, 2.24) is 5.32 Å². The van der Waals surface area contributed by atoms with E-state index in [4.69, 9.17) is 0 Å². The van der Waals surface area contributed by atoms with Gasteiger partial charge in [0.1, 0.15) is 5.82 Å². The summed E-state index contributed by atoms with van der Waals surface area (Å²) in [6, 6.07) is 2.37. The monoisotopic (exact) mass is 262 g/mol. The second kappa shape index (κ2) is 4.08. The highest BCUT2D eigenvalue weighted by molar-refractivity contribution is 6.02. The Morgan fingerprint density at radius 2 is 2.26 bits per heavy atom. The molecular formula is C13H11FN2O3. The zero-order chi connectivity index (χ0) is 13.6. The van der Waals surface area contributed by atoms with Gasteiger partial charge in [-0.25, -0.2) is 9.18 Å². The van der Waals surface area contributed by atoms with Gasteiger partial charge in [0.05, 0.1) is 25.1 Å². The first-order valence-corrected chi connectivity index (χ1v) is 5.76. The van der Waals surface area contributed by atoms with Crippen LogP contribution in [0.15, 0.2) is 24.0 Å². The molecule has 2 heterocycles. The molecule has 2 N–H and O–H groups in total. The molecule has 0 aliphatic carbocycles. The van der Waals surface area contributed by atoms with Gasteiger partial charge in [0.25, 0.3) is 0 Å². The third kappa shape index (κ3) is 1.68. The fourth-order valence-electron chi connectivity index (χ4n) is 2.51. The summed E-state index contributed by atoms with van der Waals surface area (Å²) in [5.74, 6) is -1.82. The number of Topliss-reactive ketones (excluding diaryl/α,β-unsaturated/α-hetero) is 1. The number of fused-ring (bicyclic) bond motifs is 3. The number of ketones is 1. The number of methoxy groups -OCH3 is 1. The van der Waals surface area contributed by atoms with Crippen LogP contribution in [0.3, 0.4) is 0 Å². The van der Waals surface area contributed by atoms with E-state index < -0.39 is 17.7 Å². The number of esters is 1. The topological polar surface area (TPSA) is 67.4 Å². The Morgan fingerprint density at radius 3 is 3.00 bits per heavy atom. The molecule has 2 aliphatic heterocycles. The van der Waals surface area contributed by atoms with E-state index in [0.29, 0.717) is 16.9 Å². The first-order chi connectivity index (χ1) is 9.11. The molecule has 0 aromatic heterocycles. The van der Waals surface area contributed by atoms with E-state index in [-0.39, 0.29) is 17.9 Å². The number of hydrogen-bond donors (Lipinski definition) is 2. The van der Waals surface area contributed by atoms with Crippen LogP contribution >= 0.6 is 0 Å². The second-order valence-corrected chi connectivity index (χ2v) is 4.41. The van der Waals surface area contributed by atoms with Crippen LogP contribution in [-0.2, 0) is 9.53 Å². The molecule has 19 heavy (non-hydrogen) atoms. The molecular weight excluding hydrogens is 251 g/mol. The van der Waals surface area contributed by atoms with Gasteiger partial charge in [-0.3, -0.25) is 4.79 Å². The van der Waals surface area contributed by atoms with Crippen LogP contribution in [0.1, 0.15) is 21.8 Å². The van der Waals surface area contributed by atoms with Gasteiger partial charge < -0.3 is 15.4 Å². The molecule has 0 bridgehead atoms. The molecule has 1 atom stereocenters. The molecule has 1 aromatic rings. The van der Waals surface area contributed by atoms with Crippen LogP contribution in [0.25, 0.3) is 0 Å². The molecule has 98 valence electrons. The highest BCUT2D eigenvalue weighted by Crippen LogP contribution is 2.42. The fourth-order valence-corrected chi connectivity index (χ4v) is 2.51. The average molecular weight is 262 g/mol. The number of anilines is 1. The smallest absolute Gasteiger partial charge is 0.338 e. The number of halogens is 1. The highest BCUT2D eigenvalue weighted by atomic mass is 19.1. The Labute approximate surface area is 108 Å². The van der Waals surface area contributed by atoms with E-state index in [2.05, 4.69) is 15.4 Å². The molecule has 1 aromatic carbocycles. The molecule has 0 radical (unpaired) electrons. The van der Waals surface area contributed by atoms with Crippen LogP contribution < -0.4 is 10.6 Å². The second-order valence-electron chi connectivity index (χ2n) is 4.41. The summed E-state index contributed by atoms with van der Waals surface area (Å²) < 4.78 is 18.2. The van der Waals surface area contributed by atoms with E-state index in [1.165, 1.54) is 13.2 Å². The molecule has 1 unspecified atom stereocenters. The number of benzene rings is 1. The Balaban J connectivity index is 2.22. The van der Waals surface area contributed by atoms with Gasteiger partial charge in [-0.2, -0.15) is 0 Å². The van der Waals surface area contributed by atoms with Crippen molar-refractivity contribution in [1.29, 1.82) is 0 Å². The lowest BCUT2D eigenvalue weighted by atomic mass is 9.89. The van der Waals surface area contributed by atoms with Gasteiger partial charge in [-0.05, 0) is 12.1 Å². The number of rotatable bonds is 1. The number of hydrogen-bond acceptors (Lipinski definition) is 5. The van der Waals surface area contributed by atoms with Gasteiger partial charge >= 0.3 is 5.97 Å². The number of nitrogens with one attached hydrogen (secondary N) is 2. The zero-order valence-corrected chi connectivity index (χ0v) is 10.1. The number of carbonyl (C=O) groups is 2. The molecule has 0 saturated carbocycles. The summed E-state index contributed by atoms with van der Waals surface area (Å²) in [4.78, 5) is 23.7. The van der Waals surface area contributed by atoms with Crippen molar-refractivity contribution in [2.24, 2.45) is 0 Å². The normalized spacial score (nSPS) is 19.8. The van der Waals surface area contributed by atoms with Crippen LogP contribution in [0.4, 0.5) is 10.1 Å². The van der Waals surface area contributed by atoms with Crippen molar-refractivity contribution >= 4 is 17.4 Å². The van der Waals surface area contributed by atoms with Crippen LogP contribution in [0.5, 0.6) is 0 Å². The van der Waals surface area contributed by atoms with Gasteiger partial charge in [0.2, 0.25) is 0 Å². The van der Waals surface area contributed by atoms with Gasteiger partial charge in [0, 0.05) is 23.1 Å². The van der Waals surface area contributed by atoms with E-state index >= 15 is 0 Å². The first-order valence-electron chi connectivity index (χ1n) is 5.76. The maximum atomic E-state index is 13.5. The molecule has 0 spiro atoms. The van der Waals surface area contributed by atoms with Gasteiger partial charge in [-0.15, -0.1) is 0 Å². The third-order valence-corrected chi connectivity index (χ3v) is 3.28. The molecule has 2 aliphatic rings. The molecule has 0 saturated heterocycles. The summed E-state index contributed by atoms with van der Waals surface area (Å²) in [5.41, 5.74) is 1.65.